The van der Waals surface area contributed by atoms with Crippen LogP contribution in [-0.4, -0.2) is 11.1 Å². The molecule has 0 aromatic heterocycles. The lowest BCUT2D eigenvalue weighted by Crippen LogP contribution is -1.99. The summed E-state index contributed by atoms with van der Waals surface area (Å²) in [7, 11) is 0. The fraction of sp³-hybridized carbons (Fsp3) is 0.0714. The molecule has 2 rings (SSSR count). The van der Waals surface area contributed by atoms with Gasteiger partial charge in [0.15, 0.2) is 0 Å². The van der Waals surface area contributed by atoms with Crippen LogP contribution < -0.4 is 0 Å². The number of carbonyl (C=O) groups is 1. The summed E-state index contributed by atoms with van der Waals surface area (Å²) in [5, 5.41) is 9.42. The van der Waals surface area contributed by atoms with Crippen LogP contribution in [0.15, 0.2) is 48.5 Å². The van der Waals surface area contributed by atoms with E-state index in [9.17, 15) is 4.79 Å². The van der Waals surface area contributed by atoms with E-state index in [0.29, 0.717) is 5.02 Å². The summed E-state index contributed by atoms with van der Waals surface area (Å²) in [6.07, 6.45) is 0.0261. The van der Waals surface area contributed by atoms with Gasteiger partial charge >= 0.3 is 5.97 Å². The van der Waals surface area contributed by atoms with E-state index >= 15 is 0 Å². The molecule has 0 saturated carbocycles. The van der Waals surface area contributed by atoms with Gasteiger partial charge in [-0.25, -0.2) is 0 Å². The molecular formula is C14H11ClO2. The first-order valence-electron chi connectivity index (χ1n) is 5.22. The summed E-state index contributed by atoms with van der Waals surface area (Å²) in [6, 6.07) is 14.9. The average Bonchev–Trinajstić information content (AvgIpc) is 2.29. The van der Waals surface area contributed by atoms with Crippen LogP contribution in [-0.2, 0) is 11.2 Å². The summed E-state index contributed by atoms with van der Waals surface area (Å²) in [6.45, 7) is 0. The molecule has 0 aliphatic rings. The molecule has 2 nitrogen and oxygen atoms in total. The fourth-order valence-electron chi connectivity index (χ4n) is 1.72. The highest BCUT2D eigenvalue weighted by molar-refractivity contribution is 6.33. The van der Waals surface area contributed by atoms with Crippen molar-refractivity contribution in [1.29, 1.82) is 0 Å². The molecule has 2 aromatic rings. The van der Waals surface area contributed by atoms with Crippen LogP contribution in [0.4, 0.5) is 0 Å². The third-order valence-electron chi connectivity index (χ3n) is 2.47. The van der Waals surface area contributed by atoms with Crippen molar-refractivity contribution in [3.63, 3.8) is 0 Å². The highest BCUT2D eigenvalue weighted by Crippen LogP contribution is 2.27. The fourth-order valence-corrected chi connectivity index (χ4v) is 1.96. The molecule has 0 spiro atoms. The molecule has 0 fully saturated rings. The summed E-state index contributed by atoms with van der Waals surface area (Å²) in [5.41, 5.74) is 2.63. The van der Waals surface area contributed by atoms with Gasteiger partial charge in [-0.3, -0.25) is 4.79 Å². The molecule has 17 heavy (non-hydrogen) atoms. The number of hydrogen-bond donors (Lipinski definition) is 1. The van der Waals surface area contributed by atoms with E-state index in [1.165, 1.54) is 0 Å². The third-order valence-corrected chi connectivity index (χ3v) is 2.80. The minimum Gasteiger partial charge on any atom is -0.481 e. The third kappa shape index (κ3) is 2.86. The van der Waals surface area contributed by atoms with Gasteiger partial charge in [0.2, 0.25) is 0 Å². The summed E-state index contributed by atoms with van der Waals surface area (Å²) >= 11 is 6.10. The Balaban J connectivity index is 2.40. The van der Waals surface area contributed by atoms with Crippen LogP contribution in [0.25, 0.3) is 11.1 Å². The maximum atomic E-state index is 10.7. The Bertz CT molecular complexity index is 549. The molecule has 0 heterocycles. The van der Waals surface area contributed by atoms with Crippen LogP contribution >= 0.6 is 11.6 Å². The molecule has 3 heteroatoms. The van der Waals surface area contributed by atoms with Crippen LogP contribution in [0.1, 0.15) is 5.56 Å². The van der Waals surface area contributed by atoms with Crippen LogP contribution in [0.2, 0.25) is 5.02 Å². The number of rotatable bonds is 3. The minimum atomic E-state index is -0.832. The zero-order valence-corrected chi connectivity index (χ0v) is 9.82. The van der Waals surface area contributed by atoms with Gasteiger partial charge in [0.1, 0.15) is 0 Å². The quantitative estimate of drug-likeness (QED) is 0.898. The van der Waals surface area contributed by atoms with Crippen LogP contribution in [0.5, 0.6) is 0 Å². The molecule has 0 unspecified atom stereocenters. The highest BCUT2D eigenvalue weighted by Gasteiger charge is 2.05. The van der Waals surface area contributed by atoms with Crippen LogP contribution in [0, 0.1) is 0 Å². The molecule has 0 aliphatic heterocycles. The maximum Gasteiger partial charge on any atom is 0.307 e. The molecule has 86 valence electrons. The van der Waals surface area contributed by atoms with Gasteiger partial charge in [-0.15, -0.1) is 0 Å². The van der Waals surface area contributed by atoms with Gasteiger partial charge in [-0.1, -0.05) is 54.1 Å². The van der Waals surface area contributed by atoms with Crippen molar-refractivity contribution in [3.05, 3.63) is 59.1 Å². The SMILES string of the molecule is O=C(O)Cc1cccc(-c2ccccc2Cl)c1. The Labute approximate surface area is 104 Å². The lowest BCUT2D eigenvalue weighted by atomic mass is 10.0. The van der Waals surface area contributed by atoms with E-state index in [-0.39, 0.29) is 6.42 Å². The number of halogens is 1. The van der Waals surface area contributed by atoms with Crippen LogP contribution in [0.3, 0.4) is 0 Å². The molecule has 0 radical (unpaired) electrons. The van der Waals surface area contributed by atoms with Crippen molar-refractivity contribution in [3.8, 4) is 11.1 Å². The molecule has 0 aliphatic carbocycles. The van der Waals surface area contributed by atoms with Gasteiger partial charge in [0, 0.05) is 10.6 Å². The van der Waals surface area contributed by atoms with Crippen molar-refractivity contribution >= 4 is 17.6 Å². The molecule has 1 N–H and O–H groups in total. The lowest BCUT2D eigenvalue weighted by molar-refractivity contribution is -0.136. The minimum absolute atomic E-state index is 0.0261. The van der Waals surface area contributed by atoms with Gasteiger partial charge < -0.3 is 5.11 Å². The molecule has 0 atom stereocenters. The second-order valence-corrected chi connectivity index (χ2v) is 4.16. The van der Waals surface area contributed by atoms with Gasteiger partial charge in [0.25, 0.3) is 0 Å². The summed E-state index contributed by atoms with van der Waals surface area (Å²) < 4.78 is 0. The summed E-state index contributed by atoms with van der Waals surface area (Å²) in [5.74, 6) is -0.832. The van der Waals surface area contributed by atoms with E-state index in [1.54, 1.807) is 6.07 Å². The second-order valence-electron chi connectivity index (χ2n) is 3.75. The number of carboxylic acids is 1. The second kappa shape index (κ2) is 5.02. The largest absolute Gasteiger partial charge is 0.481 e. The number of benzene rings is 2. The molecule has 0 bridgehead atoms. The number of aliphatic carboxylic acids is 1. The Morgan fingerprint density at radius 2 is 1.88 bits per heavy atom. The van der Waals surface area contributed by atoms with Gasteiger partial charge in [-0.05, 0) is 17.2 Å². The van der Waals surface area contributed by atoms with Crippen molar-refractivity contribution < 1.29 is 9.90 Å². The molecule has 0 amide bonds. The Morgan fingerprint density at radius 1 is 1.12 bits per heavy atom. The molecule has 0 saturated heterocycles. The zero-order chi connectivity index (χ0) is 12.3. The first kappa shape index (κ1) is 11.7. The van der Waals surface area contributed by atoms with Crippen molar-refractivity contribution in [2.45, 2.75) is 6.42 Å². The van der Waals surface area contributed by atoms with E-state index in [0.717, 1.165) is 16.7 Å². The van der Waals surface area contributed by atoms with E-state index in [1.807, 2.05) is 42.5 Å². The first-order valence-corrected chi connectivity index (χ1v) is 5.60. The average molecular weight is 247 g/mol. The van der Waals surface area contributed by atoms with E-state index in [4.69, 9.17) is 16.7 Å². The Morgan fingerprint density at radius 3 is 2.59 bits per heavy atom. The van der Waals surface area contributed by atoms with Crippen molar-refractivity contribution in [2.75, 3.05) is 0 Å². The zero-order valence-electron chi connectivity index (χ0n) is 9.06. The first-order chi connectivity index (χ1) is 8.16. The lowest BCUT2D eigenvalue weighted by Gasteiger charge is -2.05. The Kier molecular flexibility index (Phi) is 3.45. The van der Waals surface area contributed by atoms with Crippen molar-refractivity contribution in [2.24, 2.45) is 0 Å². The van der Waals surface area contributed by atoms with Crippen molar-refractivity contribution in [1.82, 2.24) is 0 Å². The normalized spacial score (nSPS) is 10.2. The van der Waals surface area contributed by atoms with E-state index in [2.05, 4.69) is 0 Å². The smallest absolute Gasteiger partial charge is 0.307 e. The monoisotopic (exact) mass is 246 g/mol. The molecular weight excluding hydrogens is 236 g/mol. The summed E-state index contributed by atoms with van der Waals surface area (Å²) in [4.78, 5) is 10.7. The standard InChI is InChI=1S/C14H11ClO2/c15-13-7-2-1-6-12(13)11-5-3-4-10(8-11)9-14(16)17/h1-8H,9H2,(H,16,17). The number of carboxylic acid groups (broad SMARTS) is 1. The Hall–Kier alpha value is -1.80. The van der Waals surface area contributed by atoms with Gasteiger partial charge in [-0.2, -0.15) is 0 Å². The predicted octanol–water partition coefficient (Wildman–Crippen LogP) is 3.63. The highest BCUT2D eigenvalue weighted by atomic mass is 35.5. The van der Waals surface area contributed by atoms with E-state index < -0.39 is 5.97 Å². The molecule has 2 aromatic carbocycles. The van der Waals surface area contributed by atoms with Gasteiger partial charge in [0.05, 0.1) is 6.42 Å². The number of hydrogen-bond acceptors (Lipinski definition) is 1. The topological polar surface area (TPSA) is 37.3 Å². The predicted molar refractivity (Wildman–Crippen MR) is 68.2 cm³/mol. The maximum absolute atomic E-state index is 10.7.